The van der Waals surface area contributed by atoms with Crippen LogP contribution in [0.3, 0.4) is 0 Å². The Labute approximate surface area is 193 Å². The fraction of sp³-hybridized carbons (Fsp3) is 0.360. The van der Waals surface area contributed by atoms with Crippen molar-refractivity contribution in [3.63, 3.8) is 0 Å². The molecular weight excluding hydrogens is 420 g/mol. The number of carbonyl (C=O) groups excluding carboxylic acids is 2. The first kappa shape index (κ1) is 22.5. The van der Waals surface area contributed by atoms with E-state index in [-0.39, 0.29) is 11.6 Å². The largest absolute Gasteiger partial charge is 0.378 e. The Bertz CT molecular complexity index is 1110. The molecule has 2 heterocycles. The minimum Gasteiger partial charge on any atom is -0.378 e. The van der Waals surface area contributed by atoms with Gasteiger partial charge < -0.3 is 9.80 Å². The van der Waals surface area contributed by atoms with Crippen LogP contribution in [0.25, 0.3) is 5.57 Å². The molecule has 2 aliphatic rings. The Balaban J connectivity index is 1.79. The van der Waals surface area contributed by atoms with Gasteiger partial charge in [0, 0.05) is 45.0 Å². The molecule has 0 saturated carbocycles. The van der Waals surface area contributed by atoms with Crippen molar-refractivity contribution in [1.29, 1.82) is 0 Å². The molecule has 1 saturated heterocycles. The SMILES string of the molecule is CC1CC(C)CN(C2=C(c3ccc([N+](=O)[O-])cc3)C(=O)N(c3ccc(N(C)C)cc3)C2=O)C1. The van der Waals surface area contributed by atoms with Gasteiger partial charge in [0.1, 0.15) is 5.70 Å². The van der Waals surface area contributed by atoms with E-state index in [9.17, 15) is 19.7 Å². The number of nitro groups is 1. The lowest BCUT2D eigenvalue weighted by Crippen LogP contribution is -2.42. The minimum atomic E-state index is -0.479. The van der Waals surface area contributed by atoms with E-state index < -0.39 is 10.8 Å². The standard InChI is InChI=1S/C25H28N4O4/c1-16-13-17(2)15-27(14-16)23-22(18-5-7-21(8-6-18)29(32)33)24(30)28(25(23)31)20-11-9-19(10-12-20)26(3)4/h5-12,16-17H,13-15H2,1-4H3. The molecule has 8 heteroatoms. The lowest BCUT2D eigenvalue weighted by atomic mass is 9.91. The number of piperidine rings is 1. The summed E-state index contributed by atoms with van der Waals surface area (Å²) < 4.78 is 0. The molecule has 0 radical (unpaired) electrons. The van der Waals surface area contributed by atoms with Gasteiger partial charge in [0.15, 0.2) is 0 Å². The van der Waals surface area contributed by atoms with Crippen molar-refractivity contribution in [1.82, 2.24) is 4.90 Å². The lowest BCUT2D eigenvalue weighted by molar-refractivity contribution is -0.384. The van der Waals surface area contributed by atoms with Crippen molar-refractivity contribution >= 4 is 34.4 Å². The molecule has 0 aromatic heterocycles. The van der Waals surface area contributed by atoms with Crippen LogP contribution in [0.15, 0.2) is 54.2 Å². The van der Waals surface area contributed by atoms with E-state index in [1.54, 1.807) is 24.3 Å². The van der Waals surface area contributed by atoms with E-state index in [2.05, 4.69) is 13.8 Å². The van der Waals surface area contributed by atoms with Gasteiger partial charge in [0.25, 0.3) is 17.5 Å². The molecule has 2 aromatic carbocycles. The zero-order valence-corrected chi connectivity index (χ0v) is 19.3. The van der Waals surface area contributed by atoms with Crippen LogP contribution in [0.2, 0.25) is 0 Å². The van der Waals surface area contributed by atoms with Crippen molar-refractivity contribution in [2.24, 2.45) is 11.8 Å². The topological polar surface area (TPSA) is 87.0 Å². The average molecular weight is 449 g/mol. The molecule has 2 unspecified atom stereocenters. The maximum absolute atomic E-state index is 13.7. The molecule has 0 bridgehead atoms. The van der Waals surface area contributed by atoms with E-state index in [1.165, 1.54) is 17.0 Å². The highest BCUT2D eigenvalue weighted by Gasteiger charge is 2.43. The molecule has 2 aliphatic heterocycles. The van der Waals surface area contributed by atoms with Crippen LogP contribution >= 0.6 is 0 Å². The van der Waals surface area contributed by atoms with Gasteiger partial charge in [0.2, 0.25) is 0 Å². The molecule has 33 heavy (non-hydrogen) atoms. The zero-order valence-electron chi connectivity index (χ0n) is 19.3. The number of likely N-dealkylation sites (tertiary alicyclic amines) is 1. The Kier molecular flexibility index (Phi) is 5.93. The number of nitro benzene ring substituents is 1. The molecule has 2 atom stereocenters. The number of anilines is 2. The van der Waals surface area contributed by atoms with Crippen LogP contribution in [0.5, 0.6) is 0 Å². The fourth-order valence-electron chi connectivity index (χ4n) is 4.80. The quantitative estimate of drug-likeness (QED) is 0.391. The van der Waals surface area contributed by atoms with Crippen molar-refractivity contribution < 1.29 is 14.5 Å². The smallest absolute Gasteiger partial charge is 0.282 e. The van der Waals surface area contributed by atoms with Gasteiger partial charge in [-0.25, -0.2) is 4.90 Å². The number of benzene rings is 2. The maximum atomic E-state index is 13.7. The molecule has 0 aliphatic carbocycles. The second-order valence-corrected chi connectivity index (χ2v) is 9.24. The van der Waals surface area contributed by atoms with E-state index in [0.717, 1.165) is 12.1 Å². The summed E-state index contributed by atoms with van der Waals surface area (Å²) in [6, 6.07) is 13.1. The summed E-state index contributed by atoms with van der Waals surface area (Å²) in [4.78, 5) is 43.1. The molecule has 0 N–H and O–H groups in total. The van der Waals surface area contributed by atoms with Crippen LogP contribution < -0.4 is 9.80 Å². The number of imide groups is 1. The number of carbonyl (C=O) groups is 2. The van der Waals surface area contributed by atoms with Crippen molar-refractivity contribution in [2.45, 2.75) is 20.3 Å². The summed E-state index contributed by atoms with van der Waals surface area (Å²) in [5.74, 6) is 0.00552. The maximum Gasteiger partial charge on any atom is 0.282 e. The number of hydrogen-bond donors (Lipinski definition) is 0. The van der Waals surface area contributed by atoms with E-state index in [0.29, 0.717) is 47.4 Å². The summed E-state index contributed by atoms with van der Waals surface area (Å²) in [6.07, 6.45) is 1.06. The first-order valence-electron chi connectivity index (χ1n) is 11.1. The predicted octanol–water partition coefficient (Wildman–Crippen LogP) is 3.92. The van der Waals surface area contributed by atoms with Crippen LogP contribution in [0, 0.1) is 22.0 Å². The van der Waals surface area contributed by atoms with Crippen LogP contribution in [-0.2, 0) is 9.59 Å². The van der Waals surface area contributed by atoms with Crippen molar-refractivity contribution in [3.05, 3.63) is 69.9 Å². The fourth-order valence-corrected chi connectivity index (χ4v) is 4.80. The second kappa shape index (κ2) is 8.69. The van der Waals surface area contributed by atoms with Crippen LogP contribution in [-0.4, -0.2) is 48.8 Å². The number of amides is 2. The number of hydrogen-bond acceptors (Lipinski definition) is 6. The van der Waals surface area contributed by atoms with E-state index in [4.69, 9.17) is 0 Å². The van der Waals surface area contributed by atoms with Crippen molar-refractivity contribution in [2.75, 3.05) is 37.0 Å². The third kappa shape index (κ3) is 4.20. The third-order valence-corrected chi connectivity index (χ3v) is 6.24. The number of rotatable bonds is 5. The number of nitrogens with zero attached hydrogens (tertiary/aromatic N) is 4. The summed E-state index contributed by atoms with van der Waals surface area (Å²) in [5.41, 5.74) is 2.58. The summed E-state index contributed by atoms with van der Waals surface area (Å²) in [5, 5.41) is 11.1. The first-order valence-corrected chi connectivity index (χ1v) is 11.1. The predicted molar refractivity (Wildman–Crippen MR) is 128 cm³/mol. The van der Waals surface area contributed by atoms with Gasteiger partial charge in [-0.2, -0.15) is 0 Å². The van der Waals surface area contributed by atoms with Gasteiger partial charge in [-0.15, -0.1) is 0 Å². The van der Waals surface area contributed by atoms with Gasteiger partial charge >= 0.3 is 0 Å². The van der Waals surface area contributed by atoms with Gasteiger partial charge in [0.05, 0.1) is 16.2 Å². The molecule has 1 fully saturated rings. The van der Waals surface area contributed by atoms with Crippen LogP contribution in [0.1, 0.15) is 25.8 Å². The summed E-state index contributed by atoms with van der Waals surface area (Å²) >= 11 is 0. The Hall–Kier alpha value is -3.68. The van der Waals surface area contributed by atoms with E-state index in [1.807, 2.05) is 36.0 Å². The monoisotopic (exact) mass is 448 g/mol. The Morgan fingerprint density at radius 1 is 0.909 bits per heavy atom. The normalized spacial score (nSPS) is 21.1. The highest BCUT2D eigenvalue weighted by atomic mass is 16.6. The molecule has 0 spiro atoms. The number of non-ortho nitro benzene ring substituents is 1. The van der Waals surface area contributed by atoms with Crippen molar-refractivity contribution in [3.8, 4) is 0 Å². The Morgan fingerprint density at radius 3 is 2.00 bits per heavy atom. The molecule has 2 aromatic rings. The second-order valence-electron chi connectivity index (χ2n) is 9.24. The van der Waals surface area contributed by atoms with Gasteiger partial charge in [-0.05, 0) is 60.2 Å². The van der Waals surface area contributed by atoms with Gasteiger partial charge in [-0.3, -0.25) is 19.7 Å². The average Bonchev–Trinajstić information content (AvgIpc) is 3.03. The molecule has 8 nitrogen and oxygen atoms in total. The highest BCUT2D eigenvalue weighted by molar-refractivity contribution is 6.45. The van der Waals surface area contributed by atoms with Crippen LogP contribution in [0.4, 0.5) is 17.1 Å². The highest BCUT2D eigenvalue weighted by Crippen LogP contribution is 2.38. The van der Waals surface area contributed by atoms with E-state index >= 15 is 0 Å². The van der Waals surface area contributed by atoms with Gasteiger partial charge in [-0.1, -0.05) is 13.8 Å². The molecule has 2 amide bonds. The zero-order chi connectivity index (χ0) is 23.9. The minimum absolute atomic E-state index is 0.0611. The molecule has 172 valence electrons. The summed E-state index contributed by atoms with van der Waals surface area (Å²) in [7, 11) is 3.85. The Morgan fingerprint density at radius 2 is 1.48 bits per heavy atom. The molecular formula is C25H28N4O4. The third-order valence-electron chi connectivity index (χ3n) is 6.24. The first-order chi connectivity index (χ1) is 15.7. The lowest BCUT2D eigenvalue weighted by Gasteiger charge is -2.37. The molecule has 4 rings (SSSR count). The summed E-state index contributed by atoms with van der Waals surface area (Å²) in [6.45, 7) is 5.66.